The third-order valence-electron chi connectivity index (χ3n) is 3.57. The number of amides is 1. The minimum Gasteiger partial charge on any atom is -0.474 e. The lowest BCUT2D eigenvalue weighted by molar-refractivity contribution is 0.102. The second kappa shape index (κ2) is 7.22. The highest BCUT2D eigenvalue weighted by atomic mass is 16.5. The number of aryl methyl sites for hydroxylation is 1. The van der Waals surface area contributed by atoms with Crippen molar-refractivity contribution in [2.24, 2.45) is 7.05 Å². The largest absolute Gasteiger partial charge is 0.474 e. The van der Waals surface area contributed by atoms with Crippen molar-refractivity contribution >= 4 is 17.3 Å². The summed E-state index contributed by atoms with van der Waals surface area (Å²) in [6, 6.07) is 8.58. The number of benzene rings is 1. The van der Waals surface area contributed by atoms with Gasteiger partial charge in [-0.05, 0) is 37.6 Å². The van der Waals surface area contributed by atoms with E-state index in [1.807, 2.05) is 33.2 Å². The molecule has 0 aliphatic carbocycles. The second-order valence-corrected chi connectivity index (χ2v) is 6.08. The zero-order valence-corrected chi connectivity index (χ0v) is 14.8. The Balaban J connectivity index is 1.78. The van der Waals surface area contributed by atoms with Gasteiger partial charge in [0, 0.05) is 24.9 Å². The highest BCUT2D eigenvalue weighted by Gasteiger charge is 2.12. The first kappa shape index (κ1) is 17.4. The quantitative estimate of drug-likeness (QED) is 0.683. The summed E-state index contributed by atoms with van der Waals surface area (Å²) >= 11 is 0. The van der Waals surface area contributed by atoms with E-state index in [1.165, 1.54) is 0 Å². The molecule has 0 bridgehead atoms. The molecule has 0 aliphatic rings. The monoisotopic (exact) mass is 352 g/mol. The highest BCUT2D eigenvalue weighted by molar-refractivity contribution is 6.04. The second-order valence-electron chi connectivity index (χ2n) is 6.08. The molecule has 2 heterocycles. The fourth-order valence-electron chi connectivity index (χ4n) is 2.35. The zero-order chi connectivity index (χ0) is 18.7. The summed E-state index contributed by atoms with van der Waals surface area (Å²) in [5.74, 6) is -0.0294. The molecule has 1 amide bonds. The number of carbonyl (C=O) groups excluding carboxylic acids is 1. The van der Waals surface area contributed by atoms with E-state index in [0.717, 1.165) is 11.1 Å². The van der Waals surface area contributed by atoms with Gasteiger partial charge in [0.25, 0.3) is 5.91 Å². The first-order chi connectivity index (χ1) is 12.4. The summed E-state index contributed by atoms with van der Waals surface area (Å²) in [6.07, 6.45) is 3.62. The Morgan fingerprint density at radius 3 is 2.62 bits per heavy atom. The standard InChI is InChI=1S/C18H20N6O2/c1-11(2)26-17-7-6-15(22-23-17)18(25)21-16-8-12(4-5-14(16)19)13-9-20-24(3)10-13/h4-11H,19H2,1-3H3,(H,21,25). The minimum absolute atomic E-state index is 0.0148. The number of nitrogens with one attached hydrogen (secondary N) is 1. The SMILES string of the molecule is CC(C)Oc1ccc(C(=O)Nc2cc(-c3cnn(C)c3)ccc2N)nn1. The molecular formula is C18H20N6O2. The average Bonchev–Trinajstić information content (AvgIpc) is 3.03. The Bertz CT molecular complexity index is 918. The van der Waals surface area contributed by atoms with Gasteiger partial charge in [-0.1, -0.05) is 6.07 Å². The van der Waals surface area contributed by atoms with E-state index < -0.39 is 5.91 Å². The predicted octanol–water partition coefficient (Wildman–Crippen LogP) is 2.50. The Morgan fingerprint density at radius 2 is 2.00 bits per heavy atom. The van der Waals surface area contributed by atoms with Gasteiger partial charge in [0.2, 0.25) is 5.88 Å². The molecule has 3 aromatic rings. The van der Waals surface area contributed by atoms with E-state index in [0.29, 0.717) is 17.3 Å². The molecule has 8 nitrogen and oxygen atoms in total. The highest BCUT2D eigenvalue weighted by Crippen LogP contribution is 2.27. The summed E-state index contributed by atoms with van der Waals surface area (Å²) in [5, 5.41) is 14.7. The number of hydrogen-bond acceptors (Lipinski definition) is 6. The smallest absolute Gasteiger partial charge is 0.276 e. The van der Waals surface area contributed by atoms with Gasteiger partial charge in [-0.15, -0.1) is 10.2 Å². The van der Waals surface area contributed by atoms with Crippen LogP contribution in [0.4, 0.5) is 11.4 Å². The summed E-state index contributed by atoms with van der Waals surface area (Å²) in [6.45, 7) is 3.78. The molecular weight excluding hydrogens is 332 g/mol. The van der Waals surface area contributed by atoms with Crippen LogP contribution in [0, 0.1) is 0 Å². The normalized spacial score (nSPS) is 10.8. The molecule has 0 atom stereocenters. The van der Waals surface area contributed by atoms with Crippen LogP contribution < -0.4 is 15.8 Å². The molecule has 1 aromatic carbocycles. The van der Waals surface area contributed by atoms with Gasteiger partial charge < -0.3 is 15.8 Å². The number of aromatic nitrogens is 4. The van der Waals surface area contributed by atoms with Crippen LogP contribution in [0.5, 0.6) is 5.88 Å². The van der Waals surface area contributed by atoms with Crippen LogP contribution in [0.15, 0.2) is 42.7 Å². The Kier molecular flexibility index (Phi) is 4.83. The minimum atomic E-state index is -0.399. The first-order valence-corrected chi connectivity index (χ1v) is 8.12. The summed E-state index contributed by atoms with van der Waals surface area (Å²) in [5.41, 5.74) is 8.94. The maximum atomic E-state index is 12.4. The van der Waals surface area contributed by atoms with Crippen molar-refractivity contribution in [3.05, 3.63) is 48.4 Å². The Labute approximate surface area is 151 Å². The molecule has 0 unspecified atom stereocenters. The predicted molar refractivity (Wildman–Crippen MR) is 98.8 cm³/mol. The van der Waals surface area contributed by atoms with E-state index in [9.17, 15) is 4.79 Å². The lowest BCUT2D eigenvalue weighted by Crippen LogP contribution is -2.16. The molecule has 0 spiro atoms. The zero-order valence-electron chi connectivity index (χ0n) is 14.8. The number of hydrogen-bond donors (Lipinski definition) is 2. The number of carbonyl (C=O) groups is 1. The maximum Gasteiger partial charge on any atom is 0.276 e. The lowest BCUT2D eigenvalue weighted by atomic mass is 10.1. The molecule has 3 rings (SSSR count). The van der Waals surface area contributed by atoms with Crippen molar-refractivity contribution in [1.29, 1.82) is 0 Å². The van der Waals surface area contributed by atoms with Gasteiger partial charge >= 0.3 is 0 Å². The average molecular weight is 352 g/mol. The molecule has 26 heavy (non-hydrogen) atoms. The molecule has 0 aliphatic heterocycles. The number of ether oxygens (including phenoxy) is 1. The van der Waals surface area contributed by atoms with Crippen LogP contribution in [-0.2, 0) is 7.05 Å². The molecule has 8 heteroatoms. The molecule has 0 saturated carbocycles. The van der Waals surface area contributed by atoms with Crippen molar-refractivity contribution < 1.29 is 9.53 Å². The van der Waals surface area contributed by atoms with Crippen molar-refractivity contribution in [2.75, 3.05) is 11.1 Å². The third-order valence-corrected chi connectivity index (χ3v) is 3.57. The van der Waals surface area contributed by atoms with E-state index >= 15 is 0 Å². The molecule has 0 fully saturated rings. The van der Waals surface area contributed by atoms with Crippen LogP contribution in [0.1, 0.15) is 24.3 Å². The van der Waals surface area contributed by atoms with Gasteiger partial charge in [-0.3, -0.25) is 9.48 Å². The van der Waals surface area contributed by atoms with Crippen LogP contribution >= 0.6 is 0 Å². The van der Waals surface area contributed by atoms with Crippen LogP contribution in [0.2, 0.25) is 0 Å². The van der Waals surface area contributed by atoms with E-state index in [2.05, 4.69) is 20.6 Å². The van der Waals surface area contributed by atoms with Crippen LogP contribution in [0.25, 0.3) is 11.1 Å². The lowest BCUT2D eigenvalue weighted by Gasteiger charge is -2.10. The van der Waals surface area contributed by atoms with Crippen molar-refractivity contribution in [3.63, 3.8) is 0 Å². The summed E-state index contributed by atoms with van der Waals surface area (Å²) < 4.78 is 7.13. The number of nitrogens with two attached hydrogens (primary N) is 1. The van der Waals surface area contributed by atoms with Crippen LogP contribution in [0.3, 0.4) is 0 Å². The number of nitrogens with zero attached hydrogens (tertiary/aromatic N) is 4. The summed E-state index contributed by atoms with van der Waals surface area (Å²) in [7, 11) is 1.84. The fourth-order valence-corrected chi connectivity index (χ4v) is 2.35. The topological polar surface area (TPSA) is 108 Å². The van der Waals surface area contributed by atoms with Crippen molar-refractivity contribution in [2.45, 2.75) is 20.0 Å². The van der Waals surface area contributed by atoms with Gasteiger partial charge in [-0.2, -0.15) is 5.10 Å². The van der Waals surface area contributed by atoms with Gasteiger partial charge in [0.1, 0.15) is 0 Å². The Hall–Kier alpha value is -3.42. The van der Waals surface area contributed by atoms with Gasteiger partial charge in [0.15, 0.2) is 5.69 Å². The van der Waals surface area contributed by atoms with Gasteiger partial charge in [0.05, 0.1) is 23.7 Å². The van der Waals surface area contributed by atoms with Crippen LogP contribution in [-0.4, -0.2) is 32.0 Å². The Morgan fingerprint density at radius 1 is 1.19 bits per heavy atom. The molecule has 0 radical (unpaired) electrons. The molecule has 2 aromatic heterocycles. The van der Waals surface area contributed by atoms with E-state index in [4.69, 9.17) is 10.5 Å². The fraction of sp³-hybridized carbons (Fsp3) is 0.222. The van der Waals surface area contributed by atoms with E-state index in [-0.39, 0.29) is 11.8 Å². The first-order valence-electron chi connectivity index (χ1n) is 8.12. The molecule has 134 valence electrons. The number of nitrogen functional groups attached to an aromatic ring is 1. The maximum absolute atomic E-state index is 12.4. The number of rotatable bonds is 5. The summed E-state index contributed by atoms with van der Waals surface area (Å²) in [4.78, 5) is 12.4. The molecule has 0 saturated heterocycles. The van der Waals surface area contributed by atoms with E-state index in [1.54, 1.807) is 35.1 Å². The van der Waals surface area contributed by atoms with Gasteiger partial charge in [-0.25, -0.2) is 0 Å². The third kappa shape index (κ3) is 3.97. The molecule has 3 N–H and O–H groups in total. The number of anilines is 2. The van der Waals surface area contributed by atoms with Crippen molar-refractivity contribution in [3.8, 4) is 17.0 Å². The van der Waals surface area contributed by atoms with Crippen molar-refractivity contribution in [1.82, 2.24) is 20.0 Å².